The van der Waals surface area contributed by atoms with Crippen LogP contribution >= 0.6 is 11.3 Å². The molecule has 118 valence electrons. The van der Waals surface area contributed by atoms with Crippen molar-refractivity contribution >= 4 is 11.3 Å². The minimum absolute atomic E-state index is 0.878. The number of aromatic nitrogens is 1. The lowest BCUT2D eigenvalue weighted by molar-refractivity contribution is 0.249. The van der Waals surface area contributed by atoms with Crippen molar-refractivity contribution in [2.45, 2.75) is 19.6 Å². The third-order valence-corrected chi connectivity index (χ3v) is 4.49. The van der Waals surface area contributed by atoms with Gasteiger partial charge in [-0.1, -0.05) is 24.3 Å². The Balaban J connectivity index is 1.76. The summed E-state index contributed by atoms with van der Waals surface area (Å²) in [5.41, 5.74) is 2.48. The number of ether oxygens (including phenoxy) is 1. The Hall–Kier alpha value is -2.17. The topological polar surface area (TPSA) is 25.4 Å². The Morgan fingerprint density at radius 3 is 2.61 bits per heavy atom. The van der Waals surface area contributed by atoms with Gasteiger partial charge < -0.3 is 4.74 Å². The van der Waals surface area contributed by atoms with Crippen LogP contribution in [0, 0.1) is 0 Å². The van der Waals surface area contributed by atoms with Crippen molar-refractivity contribution in [2.75, 3.05) is 7.11 Å². The predicted molar refractivity (Wildman–Crippen MR) is 94.5 cm³/mol. The average molecular weight is 324 g/mol. The second-order valence-electron chi connectivity index (χ2n) is 5.44. The number of hydrogen-bond donors (Lipinski definition) is 0. The van der Waals surface area contributed by atoms with E-state index in [1.165, 1.54) is 16.0 Å². The Morgan fingerprint density at radius 1 is 1.00 bits per heavy atom. The van der Waals surface area contributed by atoms with Crippen LogP contribution in [-0.2, 0) is 19.6 Å². The van der Waals surface area contributed by atoms with Gasteiger partial charge in [0.2, 0.25) is 0 Å². The second-order valence-corrected chi connectivity index (χ2v) is 6.47. The lowest BCUT2D eigenvalue weighted by atomic mass is 10.2. The van der Waals surface area contributed by atoms with Gasteiger partial charge in [-0.3, -0.25) is 9.88 Å². The molecule has 0 saturated heterocycles. The molecule has 0 N–H and O–H groups in total. The first-order chi connectivity index (χ1) is 11.3. The van der Waals surface area contributed by atoms with Crippen molar-refractivity contribution in [1.29, 1.82) is 0 Å². The monoisotopic (exact) mass is 324 g/mol. The van der Waals surface area contributed by atoms with Crippen LogP contribution in [0.2, 0.25) is 0 Å². The zero-order valence-electron chi connectivity index (χ0n) is 13.2. The van der Waals surface area contributed by atoms with Gasteiger partial charge in [-0.05, 0) is 40.8 Å². The molecule has 0 fully saturated rings. The maximum atomic E-state index is 5.33. The Labute approximate surface area is 141 Å². The number of benzene rings is 1. The molecule has 2 heterocycles. The lowest BCUT2D eigenvalue weighted by Crippen LogP contribution is -2.22. The maximum Gasteiger partial charge on any atom is 0.119 e. The first kappa shape index (κ1) is 15.7. The fraction of sp³-hybridized carbons (Fsp3) is 0.211. The summed E-state index contributed by atoms with van der Waals surface area (Å²) < 4.78 is 5.33. The molecule has 0 aliphatic carbocycles. The van der Waals surface area contributed by atoms with E-state index in [0.717, 1.165) is 25.4 Å². The Kier molecular flexibility index (Phi) is 5.40. The lowest BCUT2D eigenvalue weighted by Gasteiger charge is -2.22. The fourth-order valence-corrected chi connectivity index (χ4v) is 3.32. The molecule has 3 nitrogen and oxygen atoms in total. The van der Waals surface area contributed by atoms with Gasteiger partial charge in [0.1, 0.15) is 5.75 Å². The van der Waals surface area contributed by atoms with Crippen LogP contribution in [0.5, 0.6) is 5.75 Å². The van der Waals surface area contributed by atoms with Crippen molar-refractivity contribution in [2.24, 2.45) is 0 Å². The molecule has 0 unspecified atom stereocenters. The molecule has 4 heteroatoms. The summed E-state index contributed by atoms with van der Waals surface area (Å²) in [6.07, 6.45) is 3.75. The number of thiophene rings is 1. The molecule has 0 amide bonds. The summed E-state index contributed by atoms with van der Waals surface area (Å²) in [5, 5.41) is 2.13. The highest BCUT2D eigenvalue weighted by molar-refractivity contribution is 7.09. The molecule has 3 rings (SSSR count). The highest BCUT2D eigenvalue weighted by Crippen LogP contribution is 2.19. The highest BCUT2D eigenvalue weighted by atomic mass is 32.1. The predicted octanol–water partition coefficient (Wildman–Crippen LogP) is 4.35. The van der Waals surface area contributed by atoms with Crippen molar-refractivity contribution in [3.8, 4) is 5.75 Å². The molecular weight excluding hydrogens is 304 g/mol. The minimum atomic E-state index is 0.878. The third kappa shape index (κ3) is 4.65. The van der Waals surface area contributed by atoms with Crippen LogP contribution in [0.3, 0.4) is 0 Å². The SMILES string of the molecule is COc1cccc(CN(Cc2cccnc2)Cc2cccs2)c1. The van der Waals surface area contributed by atoms with Crippen LogP contribution in [0.4, 0.5) is 0 Å². The average Bonchev–Trinajstić information content (AvgIpc) is 3.09. The van der Waals surface area contributed by atoms with E-state index >= 15 is 0 Å². The number of methoxy groups -OCH3 is 1. The van der Waals surface area contributed by atoms with E-state index in [-0.39, 0.29) is 0 Å². The minimum Gasteiger partial charge on any atom is -0.497 e. The molecule has 0 radical (unpaired) electrons. The van der Waals surface area contributed by atoms with E-state index in [9.17, 15) is 0 Å². The summed E-state index contributed by atoms with van der Waals surface area (Å²) >= 11 is 1.80. The molecule has 23 heavy (non-hydrogen) atoms. The summed E-state index contributed by atoms with van der Waals surface area (Å²) in [6.45, 7) is 2.69. The standard InChI is InChI=1S/C19H20N2OS/c1-22-18-7-2-5-16(11-18)13-21(15-19-8-4-10-23-19)14-17-6-3-9-20-12-17/h2-12H,13-15H2,1H3. The Bertz CT molecular complexity index is 713. The largest absolute Gasteiger partial charge is 0.497 e. The van der Waals surface area contributed by atoms with Gasteiger partial charge in [0.15, 0.2) is 0 Å². The molecule has 0 aliphatic rings. The molecular formula is C19H20N2OS. The van der Waals surface area contributed by atoms with Crippen LogP contribution in [-0.4, -0.2) is 17.0 Å². The summed E-state index contributed by atoms with van der Waals surface area (Å²) in [6, 6.07) is 16.7. The van der Waals surface area contributed by atoms with E-state index in [2.05, 4.69) is 45.6 Å². The van der Waals surface area contributed by atoms with Crippen LogP contribution in [0.25, 0.3) is 0 Å². The van der Waals surface area contributed by atoms with Gasteiger partial charge >= 0.3 is 0 Å². The molecule has 3 aromatic rings. The molecule has 2 aromatic heterocycles. The fourth-order valence-electron chi connectivity index (χ4n) is 2.57. The van der Waals surface area contributed by atoms with Crippen molar-refractivity contribution in [1.82, 2.24) is 9.88 Å². The first-order valence-electron chi connectivity index (χ1n) is 7.60. The van der Waals surface area contributed by atoms with Crippen molar-refractivity contribution in [3.05, 3.63) is 82.3 Å². The van der Waals surface area contributed by atoms with Crippen molar-refractivity contribution in [3.63, 3.8) is 0 Å². The number of hydrogen-bond acceptors (Lipinski definition) is 4. The zero-order valence-corrected chi connectivity index (χ0v) is 14.0. The van der Waals surface area contributed by atoms with Crippen molar-refractivity contribution < 1.29 is 4.74 Å². The Morgan fingerprint density at radius 2 is 1.87 bits per heavy atom. The number of pyridine rings is 1. The van der Waals surface area contributed by atoms with Gasteiger partial charge in [0.25, 0.3) is 0 Å². The smallest absolute Gasteiger partial charge is 0.119 e. The quantitative estimate of drug-likeness (QED) is 0.646. The molecule has 0 bridgehead atoms. The number of nitrogens with zero attached hydrogens (tertiary/aromatic N) is 2. The first-order valence-corrected chi connectivity index (χ1v) is 8.48. The molecule has 1 aromatic carbocycles. The summed E-state index contributed by atoms with van der Waals surface area (Å²) in [4.78, 5) is 8.03. The highest BCUT2D eigenvalue weighted by Gasteiger charge is 2.10. The maximum absolute atomic E-state index is 5.33. The van der Waals surface area contributed by atoms with E-state index in [4.69, 9.17) is 4.74 Å². The van der Waals surface area contributed by atoms with E-state index in [1.807, 2.05) is 30.6 Å². The van der Waals surface area contributed by atoms with E-state index in [1.54, 1.807) is 18.4 Å². The normalized spacial score (nSPS) is 10.9. The van der Waals surface area contributed by atoms with E-state index < -0.39 is 0 Å². The van der Waals surface area contributed by atoms with Gasteiger partial charge in [-0.2, -0.15) is 0 Å². The van der Waals surface area contributed by atoms with Gasteiger partial charge in [0, 0.05) is 36.9 Å². The van der Waals surface area contributed by atoms with Gasteiger partial charge in [0.05, 0.1) is 7.11 Å². The number of rotatable bonds is 7. The van der Waals surface area contributed by atoms with Crippen LogP contribution in [0.15, 0.2) is 66.3 Å². The van der Waals surface area contributed by atoms with E-state index in [0.29, 0.717) is 0 Å². The molecule has 0 aliphatic heterocycles. The molecule has 0 atom stereocenters. The second kappa shape index (κ2) is 7.90. The summed E-state index contributed by atoms with van der Waals surface area (Å²) in [5.74, 6) is 0.903. The van der Waals surface area contributed by atoms with Crippen LogP contribution in [0.1, 0.15) is 16.0 Å². The van der Waals surface area contributed by atoms with Crippen LogP contribution < -0.4 is 4.74 Å². The molecule has 0 spiro atoms. The van der Waals surface area contributed by atoms with Gasteiger partial charge in [-0.25, -0.2) is 0 Å². The zero-order chi connectivity index (χ0) is 15.9. The van der Waals surface area contributed by atoms with Gasteiger partial charge in [-0.15, -0.1) is 11.3 Å². The molecule has 0 saturated carbocycles. The third-order valence-electron chi connectivity index (χ3n) is 3.63. The summed E-state index contributed by atoms with van der Waals surface area (Å²) in [7, 11) is 1.71.